The molecular weight excluding hydrogens is 310 g/mol. The number of ether oxygens (including phenoxy) is 3. The Morgan fingerprint density at radius 1 is 0.875 bits per heavy atom. The summed E-state index contributed by atoms with van der Waals surface area (Å²) in [5.41, 5.74) is 1.52. The molecule has 7 heteroatoms. The summed E-state index contributed by atoms with van der Waals surface area (Å²) in [6.07, 6.45) is 0. The molecule has 0 radical (unpaired) electrons. The second-order valence-electron chi connectivity index (χ2n) is 4.82. The van der Waals surface area contributed by atoms with Crippen LogP contribution in [0.15, 0.2) is 46.9 Å². The normalized spacial score (nSPS) is 10.3. The van der Waals surface area contributed by atoms with Gasteiger partial charge in [-0.15, -0.1) is 5.10 Å². The quantitative estimate of drug-likeness (QED) is 0.742. The Morgan fingerprint density at radius 3 is 2.12 bits per heavy atom. The first kappa shape index (κ1) is 15.7. The van der Waals surface area contributed by atoms with Gasteiger partial charge in [-0.3, -0.25) is 0 Å². The summed E-state index contributed by atoms with van der Waals surface area (Å²) >= 11 is 0. The van der Waals surface area contributed by atoms with Gasteiger partial charge in [-0.25, -0.2) is 0 Å². The van der Waals surface area contributed by atoms with Crippen LogP contribution in [0.3, 0.4) is 0 Å². The van der Waals surface area contributed by atoms with Crippen molar-refractivity contribution in [3.05, 3.63) is 42.5 Å². The Kier molecular flexibility index (Phi) is 4.51. The maximum Gasteiger partial charge on any atom is 0.320 e. The Hall–Kier alpha value is -3.22. The second-order valence-corrected chi connectivity index (χ2v) is 4.82. The van der Waals surface area contributed by atoms with Gasteiger partial charge < -0.3 is 23.9 Å². The molecule has 2 aromatic carbocycles. The molecule has 24 heavy (non-hydrogen) atoms. The number of aromatic nitrogens is 2. The molecule has 3 aromatic rings. The number of nitrogens with one attached hydrogen (secondary N) is 1. The summed E-state index contributed by atoms with van der Waals surface area (Å²) in [6, 6.07) is 13.4. The SMILES string of the molecule is COc1cc(-c2nnc(Nc3ccccc3)o2)cc(OC)c1OC. The molecule has 7 nitrogen and oxygen atoms in total. The van der Waals surface area contributed by atoms with Gasteiger partial charge >= 0.3 is 6.01 Å². The fourth-order valence-corrected chi connectivity index (χ4v) is 2.24. The average Bonchev–Trinajstić information content (AvgIpc) is 3.09. The smallest absolute Gasteiger partial charge is 0.320 e. The number of rotatable bonds is 6. The first-order chi connectivity index (χ1) is 11.7. The van der Waals surface area contributed by atoms with Crippen LogP contribution in [-0.2, 0) is 0 Å². The van der Waals surface area contributed by atoms with E-state index in [0.717, 1.165) is 5.69 Å². The van der Waals surface area contributed by atoms with Crippen molar-refractivity contribution in [1.29, 1.82) is 0 Å². The lowest BCUT2D eigenvalue weighted by Gasteiger charge is -2.12. The monoisotopic (exact) mass is 327 g/mol. The summed E-state index contributed by atoms with van der Waals surface area (Å²) in [4.78, 5) is 0. The fourth-order valence-electron chi connectivity index (χ4n) is 2.24. The van der Waals surface area contributed by atoms with Gasteiger partial charge in [0.1, 0.15) is 0 Å². The predicted molar refractivity (Wildman–Crippen MR) is 89.1 cm³/mol. The average molecular weight is 327 g/mol. The second kappa shape index (κ2) is 6.91. The van der Waals surface area contributed by atoms with Crippen LogP contribution in [0, 0.1) is 0 Å². The molecule has 3 rings (SSSR count). The summed E-state index contributed by atoms with van der Waals surface area (Å²) in [5.74, 6) is 1.88. The van der Waals surface area contributed by atoms with E-state index in [0.29, 0.717) is 34.7 Å². The van der Waals surface area contributed by atoms with E-state index in [9.17, 15) is 0 Å². The number of benzene rings is 2. The zero-order valence-corrected chi connectivity index (χ0v) is 13.6. The van der Waals surface area contributed by atoms with Crippen LogP contribution in [0.25, 0.3) is 11.5 Å². The minimum absolute atomic E-state index is 0.296. The zero-order chi connectivity index (χ0) is 16.9. The number of hydrogen-bond donors (Lipinski definition) is 1. The summed E-state index contributed by atoms with van der Waals surface area (Å²) in [6.45, 7) is 0. The van der Waals surface area contributed by atoms with E-state index in [-0.39, 0.29) is 0 Å². The van der Waals surface area contributed by atoms with Crippen LogP contribution in [0.2, 0.25) is 0 Å². The molecule has 124 valence electrons. The van der Waals surface area contributed by atoms with Crippen LogP contribution in [0.1, 0.15) is 0 Å². The molecule has 0 aliphatic heterocycles. The summed E-state index contributed by atoms with van der Waals surface area (Å²) in [5, 5.41) is 11.1. The van der Waals surface area contributed by atoms with Crippen LogP contribution >= 0.6 is 0 Å². The van der Waals surface area contributed by atoms with Crippen LogP contribution in [-0.4, -0.2) is 31.5 Å². The first-order valence-corrected chi connectivity index (χ1v) is 7.21. The standard InChI is InChI=1S/C17H17N3O4/c1-21-13-9-11(10-14(22-2)15(13)23-3)16-19-20-17(24-16)18-12-7-5-4-6-8-12/h4-10H,1-3H3,(H,18,20). The van der Waals surface area contributed by atoms with Crippen molar-refractivity contribution in [1.82, 2.24) is 10.2 Å². The Morgan fingerprint density at radius 2 is 1.54 bits per heavy atom. The van der Waals surface area contributed by atoms with Gasteiger partial charge in [0, 0.05) is 11.3 Å². The largest absolute Gasteiger partial charge is 0.493 e. The molecule has 0 spiro atoms. The summed E-state index contributed by atoms with van der Waals surface area (Å²) in [7, 11) is 4.66. The van der Waals surface area contributed by atoms with E-state index in [1.807, 2.05) is 30.3 Å². The summed E-state index contributed by atoms with van der Waals surface area (Å²) < 4.78 is 21.6. The highest BCUT2D eigenvalue weighted by molar-refractivity contribution is 5.66. The molecule has 0 amide bonds. The molecule has 1 heterocycles. The van der Waals surface area contributed by atoms with Crippen molar-refractivity contribution < 1.29 is 18.6 Å². The van der Waals surface area contributed by atoms with Crippen molar-refractivity contribution >= 4 is 11.7 Å². The van der Waals surface area contributed by atoms with Crippen LogP contribution in [0.5, 0.6) is 17.2 Å². The van der Waals surface area contributed by atoms with E-state index in [4.69, 9.17) is 18.6 Å². The minimum Gasteiger partial charge on any atom is -0.493 e. The number of nitrogens with zero attached hydrogens (tertiary/aromatic N) is 2. The number of para-hydroxylation sites is 1. The third-order valence-corrected chi connectivity index (χ3v) is 3.36. The van der Waals surface area contributed by atoms with Crippen LogP contribution < -0.4 is 19.5 Å². The zero-order valence-electron chi connectivity index (χ0n) is 13.6. The maximum absolute atomic E-state index is 5.66. The van der Waals surface area contributed by atoms with Gasteiger partial charge in [0.2, 0.25) is 11.6 Å². The van der Waals surface area contributed by atoms with Crippen molar-refractivity contribution in [3.63, 3.8) is 0 Å². The number of hydrogen-bond acceptors (Lipinski definition) is 7. The molecule has 1 aromatic heterocycles. The molecule has 0 atom stereocenters. The maximum atomic E-state index is 5.66. The van der Waals surface area contributed by atoms with Crippen LogP contribution in [0.4, 0.5) is 11.7 Å². The van der Waals surface area contributed by atoms with E-state index in [1.54, 1.807) is 33.5 Å². The molecule has 0 aliphatic rings. The number of anilines is 2. The van der Waals surface area contributed by atoms with E-state index < -0.39 is 0 Å². The third-order valence-electron chi connectivity index (χ3n) is 3.36. The Bertz CT molecular complexity index is 793. The van der Waals surface area contributed by atoms with Gasteiger partial charge in [0.25, 0.3) is 0 Å². The fraction of sp³-hybridized carbons (Fsp3) is 0.176. The van der Waals surface area contributed by atoms with Crippen molar-refractivity contribution in [3.8, 4) is 28.7 Å². The highest BCUT2D eigenvalue weighted by Gasteiger charge is 2.17. The number of methoxy groups -OCH3 is 3. The molecule has 0 fully saturated rings. The van der Waals surface area contributed by atoms with Crippen molar-refractivity contribution in [2.75, 3.05) is 26.6 Å². The van der Waals surface area contributed by atoms with Gasteiger partial charge in [-0.05, 0) is 24.3 Å². The van der Waals surface area contributed by atoms with E-state index in [2.05, 4.69) is 15.5 Å². The lowest BCUT2D eigenvalue weighted by molar-refractivity contribution is 0.324. The lowest BCUT2D eigenvalue weighted by Crippen LogP contribution is -1.95. The molecule has 0 bridgehead atoms. The van der Waals surface area contributed by atoms with Gasteiger partial charge in [-0.2, -0.15) is 0 Å². The van der Waals surface area contributed by atoms with Gasteiger partial charge in [-0.1, -0.05) is 23.3 Å². The first-order valence-electron chi connectivity index (χ1n) is 7.21. The minimum atomic E-state index is 0.296. The topological polar surface area (TPSA) is 78.6 Å². The van der Waals surface area contributed by atoms with Gasteiger partial charge in [0.05, 0.1) is 21.3 Å². The van der Waals surface area contributed by atoms with E-state index >= 15 is 0 Å². The molecule has 0 unspecified atom stereocenters. The van der Waals surface area contributed by atoms with Crippen molar-refractivity contribution in [2.45, 2.75) is 0 Å². The third kappa shape index (κ3) is 3.10. The Labute approximate surface area is 139 Å². The molecule has 1 N–H and O–H groups in total. The molecular formula is C17H17N3O4. The van der Waals surface area contributed by atoms with Gasteiger partial charge in [0.15, 0.2) is 11.5 Å². The molecule has 0 saturated heterocycles. The Balaban J connectivity index is 1.92. The predicted octanol–water partition coefficient (Wildman–Crippen LogP) is 3.51. The molecule has 0 aliphatic carbocycles. The highest BCUT2D eigenvalue weighted by atomic mass is 16.5. The van der Waals surface area contributed by atoms with E-state index in [1.165, 1.54) is 0 Å². The molecule has 0 saturated carbocycles. The van der Waals surface area contributed by atoms with Crippen molar-refractivity contribution in [2.24, 2.45) is 0 Å². The highest BCUT2D eigenvalue weighted by Crippen LogP contribution is 2.41. The lowest BCUT2D eigenvalue weighted by atomic mass is 10.2.